The molecule has 2 unspecified atom stereocenters. The number of hydrogen-bond acceptors (Lipinski definition) is 2. The van der Waals surface area contributed by atoms with Crippen LogP contribution in [0.5, 0.6) is 0 Å². The molecule has 2 nitrogen and oxygen atoms in total. The number of hydrogen-bond donors (Lipinski definition) is 1. The Morgan fingerprint density at radius 3 is 2.35 bits per heavy atom. The van der Waals surface area contributed by atoms with Crippen LogP contribution in [-0.2, 0) is 4.74 Å². The molecule has 1 saturated carbocycles. The second-order valence-corrected chi connectivity index (χ2v) is 6.50. The Morgan fingerprint density at radius 2 is 1.80 bits per heavy atom. The van der Waals surface area contributed by atoms with Crippen molar-refractivity contribution in [1.82, 2.24) is 0 Å². The van der Waals surface area contributed by atoms with Gasteiger partial charge in [-0.05, 0) is 55.7 Å². The van der Waals surface area contributed by atoms with Crippen LogP contribution >= 0.6 is 11.6 Å². The summed E-state index contributed by atoms with van der Waals surface area (Å²) < 4.78 is 6.35. The maximum atomic E-state index is 6.35. The number of rotatable bonds is 5. The van der Waals surface area contributed by atoms with Gasteiger partial charge >= 0.3 is 0 Å². The van der Waals surface area contributed by atoms with E-state index in [1.165, 1.54) is 12.8 Å². The zero-order valence-corrected chi connectivity index (χ0v) is 13.3. The van der Waals surface area contributed by atoms with Crippen molar-refractivity contribution in [3.8, 4) is 0 Å². The molecule has 0 heterocycles. The van der Waals surface area contributed by atoms with E-state index in [2.05, 4.69) is 13.8 Å². The summed E-state index contributed by atoms with van der Waals surface area (Å²) in [6, 6.07) is 7.94. The van der Waals surface area contributed by atoms with Gasteiger partial charge in [-0.25, -0.2) is 0 Å². The number of ether oxygens (including phenoxy) is 1. The molecule has 3 heteroatoms. The highest BCUT2D eigenvalue weighted by Crippen LogP contribution is 2.32. The summed E-state index contributed by atoms with van der Waals surface area (Å²) in [4.78, 5) is 0. The van der Waals surface area contributed by atoms with Crippen molar-refractivity contribution in [3.05, 3.63) is 34.9 Å². The number of nitrogens with two attached hydrogens (primary N) is 1. The number of halogens is 1. The van der Waals surface area contributed by atoms with E-state index in [0.717, 1.165) is 35.8 Å². The van der Waals surface area contributed by atoms with Crippen LogP contribution in [0.15, 0.2) is 24.3 Å². The van der Waals surface area contributed by atoms with Crippen molar-refractivity contribution in [2.24, 2.45) is 11.7 Å². The summed E-state index contributed by atoms with van der Waals surface area (Å²) in [6.07, 6.45) is 6.08. The first kappa shape index (κ1) is 15.8. The van der Waals surface area contributed by atoms with Gasteiger partial charge in [-0.2, -0.15) is 0 Å². The van der Waals surface area contributed by atoms with E-state index in [9.17, 15) is 0 Å². The molecule has 112 valence electrons. The van der Waals surface area contributed by atoms with E-state index in [1.54, 1.807) is 0 Å². The van der Waals surface area contributed by atoms with Crippen LogP contribution in [0.1, 0.15) is 57.6 Å². The molecule has 0 saturated heterocycles. The van der Waals surface area contributed by atoms with Crippen LogP contribution in [-0.4, -0.2) is 12.1 Å². The molecule has 0 spiro atoms. The summed E-state index contributed by atoms with van der Waals surface area (Å²) in [7, 11) is 0. The highest BCUT2D eigenvalue weighted by molar-refractivity contribution is 6.30. The molecule has 1 fully saturated rings. The van der Waals surface area contributed by atoms with Gasteiger partial charge in [0, 0.05) is 11.1 Å². The molecule has 2 rings (SSSR count). The highest BCUT2D eigenvalue weighted by Gasteiger charge is 2.26. The van der Waals surface area contributed by atoms with Gasteiger partial charge in [-0.1, -0.05) is 37.6 Å². The van der Waals surface area contributed by atoms with Crippen LogP contribution in [0.4, 0.5) is 0 Å². The first-order valence-electron chi connectivity index (χ1n) is 7.76. The Labute approximate surface area is 127 Å². The predicted octanol–water partition coefficient (Wildman–Crippen LogP) is 4.71. The fourth-order valence-electron chi connectivity index (χ4n) is 2.87. The molecule has 0 aromatic heterocycles. The fourth-order valence-corrected chi connectivity index (χ4v) is 2.99. The zero-order chi connectivity index (χ0) is 14.5. The summed E-state index contributed by atoms with van der Waals surface area (Å²) in [6.45, 7) is 4.44. The van der Waals surface area contributed by atoms with Gasteiger partial charge in [0.2, 0.25) is 0 Å². The van der Waals surface area contributed by atoms with Crippen LogP contribution in [0.2, 0.25) is 5.02 Å². The summed E-state index contributed by atoms with van der Waals surface area (Å²) in [5.41, 5.74) is 7.41. The monoisotopic (exact) mass is 295 g/mol. The summed E-state index contributed by atoms with van der Waals surface area (Å²) >= 11 is 5.97. The molecule has 0 aliphatic heterocycles. The van der Waals surface area contributed by atoms with Gasteiger partial charge in [-0.15, -0.1) is 0 Å². The van der Waals surface area contributed by atoms with Gasteiger partial charge < -0.3 is 10.5 Å². The Kier molecular flexibility index (Phi) is 5.88. The maximum absolute atomic E-state index is 6.35. The van der Waals surface area contributed by atoms with Gasteiger partial charge in [-0.3, -0.25) is 0 Å². The molecule has 2 atom stereocenters. The minimum Gasteiger partial charge on any atom is -0.369 e. The van der Waals surface area contributed by atoms with Crippen molar-refractivity contribution >= 4 is 11.6 Å². The molecule has 1 aromatic carbocycles. The van der Waals surface area contributed by atoms with Crippen LogP contribution in [0.25, 0.3) is 0 Å². The Morgan fingerprint density at radius 1 is 1.20 bits per heavy atom. The molecule has 0 amide bonds. The molecule has 20 heavy (non-hydrogen) atoms. The predicted molar refractivity (Wildman–Crippen MR) is 85.0 cm³/mol. The normalized spacial score (nSPS) is 26.2. The lowest BCUT2D eigenvalue weighted by Gasteiger charge is -2.32. The van der Waals surface area contributed by atoms with Crippen LogP contribution < -0.4 is 5.73 Å². The van der Waals surface area contributed by atoms with Crippen molar-refractivity contribution in [2.45, 2.75) is 64.2 Å². The summed E-state index contributed by atoms with van der Waals surface area (Å²) in [5, 5.41) is 0.754. The minimum atomic E-state index is -0.0179. The first-order chi connectivity index (χ1) is 9.60. The van der Waals surface area contributed by atoms with E-state index in [0.29, 0.717) is 6.10 Å². The smallest absolute Gasteiger partial charge is 0.0979 e. The third kappa shape index (κ3) is 4.21. The molecule has 1 aliphatic carbocycles. The topological polar surface area (TPSA) is 35.2 Å². The molecule has 0 bridgehead atoms. The SMILES string of the molecule is CCC(N)C(OC1CCC(C)CC1)c1ccc(Cl)cc1. The Balaban J connectivity index is 2.05. The van der Waals surface area contributed by atoms with Crippen molar-refractivity contribution in [3.63, 3.8) is 0 Å². The zero-order valence-electron chi connectivity index (χ0n) is 12.5. The molecule has 1 aromatic rings. The quantitative estimate of drug-likeness (QED) is 0.853. The summed E-state index contributed by atoms with van der Waals surface area (Å²) in [5.74, 6) is 0.837. The van der Waals surface area contributed by atoms with Gasteiger partial charge in [0.25, 0.3) is 0 Å². The molecular weight excluding hydrogens is 270 g/mol. The lowest BCUT2D eigenvalue weighted by atomic mass is 9.88. The van der Waals surface area contributed by atoms with Crippen molar-refractivity contribution < 1.29 is 4.74 Å². The van der Waals surface area contributed by atoms with Gasteiger partial charge in [0.15, 0.2) is 0 Å². The Bertz CT molecular complexity index is 398. The second kappa shape index (κ2) is 7.44. The number of benzene rings is 1. The minimum absolute atomic E-state index is 0.0179. The van der Waals surface area contributed by atoms with E-state index in [1.807, 2.05) is 24.3 Å². The largest absolute Gasteiger partial charge is 0.369 e. The third-order valence-electron chi connectivity index (χ3n) is 4.36. The van der Waals surface area contributed by atoms with Crippen molar-refractivity contribution in [2.75, 3.05) is 0 Å². The second-order valence-electron chi connectivity index (χ2n) is 6.06. The van der Waals surface area contributed by atoms with Crippen LogP contribution in [0.3, 0.4) is 0 Å². The fraction of sp³-hybridized carbons (Fsp3) is 0.647. The van der Waals surface area contributed by atoms with E-state index < -0.39 is 0 Å². The lowest BCUT2D eigenvalue weighted by Crippen LogP contribution is -2.33. The highest BCUT2D eigenvalue weighted by atomic mass is 35.5. The average Bonchev–Trinajstić information content (AvgIpc) is 2.47. The van der Waals surface area contributed by atoms with Gasteiger partial charge in [0.1, 0.15) is 0 Å². The molecule has 2 N–H and O–H groups in total. The Hall–Kier alpha value is -0.570. The first-order valence-corrected chi connectivity index (χ1v) is 8.14. The standard InChI is InChI=1S/C17H26ClNO/c1-3-16(19)17(13-6-8-14(18)9-7-13)20-15-10-4-12(2)5-11-15/h6-9,12,15-17H,3-5,10-11,19H2,1-2H3. The lowest BCUT2D eigenvalue weighted by molar-refractivity contribution is -0.0488. The molecular formula is C17H26ClNO. The van der Waals surface area contributed by atoms with E-state index in [4.69, 9.17) is 22.1 Å². The maximum Gasteiger partial charge on any atom is 0.0979 e. The third-order valence-corrected chi connectivity index (χ3v) is 4.61. The molecule has 1 aliphatic rings. The van der Waals surface area contributed by atoms with E-state index in [-0.39, 0.29) is 12.1 Å². The van der Waals surface area contributed by atoms with E-state index >= 15 is 0 Å². The molecule has 0 radical (unpaired) electrons. The van der Waals surface area contributed by atoms with Crippen molar-refractivity contribution in [1.29, 1.82) is 0 Å². The van der Waals surface area contributed by atoms with Crippen LogP contribution in [0, 0.1) is 5.92 Å². The average molecular weight is 296 g/mol. The van der Waals surface area contributed by atoms with Gasteiger partial charge in [0.05, 0.1) is 12.2 Å².